The lowest BCUT2D eigenvalue weighted by Gasteiger charge is -2.16. The van der Waals surface area contributed by atoms with Crippen LogP contribution in [-0.2, 0) is 9.59 Å². The number of aliphatic carboxylic acids is 1. The van der Waals surface area contributed by atoms with Gasteiger partial charge < -0.3 is 21.1 Å². The molecule has 3 amide bonds. The zero-order chi connectivity index (χ0) is 15.7. The molecule has 7 heteroatoms. The molecule has 0 aromatic carbocycles. The van der Waals surface area contributed by atoms with E-state index in [1.54, 1.807) is 0 Å². The Bertz CT molecular complexity index is 373. The Labute approximate surface area is 124 Å². The van der Waals surface area contributed by atoms with Crippen molar-refractivity contribution >= 4 is 17.9 Å². The number of hydrogen-bond acceptors (Lipinski definition) is 3. The van der Waals surface area contributed by atoms with Crippen molar-refractivity contribution in [3.05, 3.63) is 0 Å². The molecule has 0 saturated heterocycles. The Balaban J connectivity index is 2.14. The summed E-state index contributed by atoms with van der Waals surface area (Å²) in [5.41, 5.74) is 0. The average molecular weight is 299 g/mol. The molecule has 2 atom stereocenters. The summed E-state index contributed by atoms with van der Waals surface area (Å²) in [5, 5.41) is 17.1. The Morgan fingerprint density at radius 2 is 1.86 bits per heavy atom. The number of hydrogen-bond donors (Lipinski definition) is 4. The van der Waals surface area contributed by atoms with Crippen molar-refractivity contribution in [2.75, 3.05) is 19.6 Å². The maximum atomic E-state index is 11.6. The maximum absolute atomic E-state index is 11.6. The van der Waals surface area contributed by atoms with E-state index in [9.17, 15) is 14.4 Å². The van der Waals surface area contributed by atoms with Gasteiger partial charge in [-0.05, 0) is 25.2 Å². The number of amides is 3. The monoisotopic (exact) mass is 299 g/mol. The second-order valence-electron chi connectivity index (χ2n) is 5.37. The molecule has 21 heavy (non-hydrogen) atoms. The van der Waals surface area contributed by atoms with Gasteiger partial charge in [0, 0.05) is 26.1 Å². The van der Waals surface area contributed by atoms with Gasteiger partial charge in [-0.3, -0.25) is 9.59 Å². The van der Waals surface area contributed by atoms with Crippen LogP contribution < -0.4 is 16.0 Å². The van der Waals surface area contributed by atoms with Crippen LogP contribution in [0, 0.1) is 11.8 Å². The van der Waals surface area contributed by atoms with E-state index in [-0.39, 0.29) is 36.7 Å². The highest BCUT2D eigenvalue weighted by molar-refractivity contribution is 5.78. The first-order valence-electron chi connectivity index (χ1n) is 7.55. The summed E-state index contributed by atoms with van der Waals surface area (Å²) in [5.74, 6) is -1.22. The van der Waals surface area contributed by atoms with Crippen LogP contribution in [-0.4, -0.2) is 42.6 Å². The van der Waals surface area contributed by atoms with Gasteiger partial charge in [0.05, 0.1) is 5.92 Å². The molecule has 4 N–H and O–H groups in total. The molecule has 7 nitrogen and oxygen atoms in total. The number of carboxylic acids is 1. The summed E-state index contributed by atoms with van der Waals surface area (Å²) >= 11 is 0. The highest BCUT2D eigenvalue weighted by Gasteiger charge is 2.32. The van der Waals surface area contributed by atoms with Crippen LogP contribution >= 0.6 is 0 Å². The minimum Gasteiger partial charge on any atom is -0.481 e. The number of carbonyl (C=O) groups excluding carboxylic acids is 2. The van der Waals surface area contributed by atoms with E-state index in [4.69, 9.17) is 5.11 Å². The predicted molar refractivity (Wildman–Crippen MR) is 77.8 cm³/mol. The van der Waals surface area contributed by atoms with Gasteiger partial charge in [0.15, 0.2) is 0 Å². The highest BCUT2D eigenvalue weighted by Crippen LogP contribution is 2.31. The number of rotatable bonds is 8. The Kier molecular flexibility index (Phi) is 7.56. The van der Waals surface area contributed by atoms with E-state index in [1.807, 2.05) is 6.92 Å². The minimum atomic E-state index is -0.785. The first-order chi connectivity index (χ1) is 10.0. The van der Waals surface area contributed by atoms with Gasteiger partial charge in [0.25, 0.3) is 0 Å². The number of carbonyl (C=O) groups is 3. The average Bonchev–Trinajstić information content (AvgIpc) is 2.91. The van der Waals surface area contributed by atoms with Crippen LogP contribution in [0.25, 0.3) is 0 Å². The predicted octanol–water partition coefficient (Wildman–Crippen LogP) is 0.703. The highest BCUT2D eigenvalue weighted by atomic mass is 16.4. The SMILES string of the molecule is CCCNC(=O)CCNC(=O)NCC1CCCC1C(=O)O. The molecule has 1 saturated carbocycles. The summed E-state index contributed by atoms with van der Waals surface area (Å²) in [6.45, 7) is 3.25. The molecule has 1 fully saturated rings. The lowest BCUT2D eigenvalue weighted by molar-refractivity contribution is -0.142. The van der Waals surface area contributed by atoms with E-state index in [0.717, 1.165) is 19.3 Å². The third kappa shape index (κ3) is 6.46. The van der Waals surface area contributed by atoms with Crippen molar-refractivity contribution in [1.82, 2.24) is 16.0 Å². The first kappa shape index (κ1) is 17.3. The number of carboxylic acid groups (broad SMARTS) is 1. The lowest BCUT2D eigenvalue weighted by Crippen LogP contribution is -2.41. The smallest absolute Gasteiger partial charge is 0.314 e. The van der Waals surface area contributed by atoms with Gasteiger partial charge in [-0.25, -0.2) is 4.79 Å². The van der Waals surface area contributed by atoms with Gasteiger partial charge in [-0.15, -0.1) is 0 Å². The van der Waals surface area contributed by atoms with Crippen LogP contribution in [0.3, 0.4) is 0 Å². The fraction of sp³-hybridized carbons (Fsp3) is 0.786. The molecular weight excluding hydrogens is 274 g/mol. The summed E-state index contributed by atoms with van der Waals surface area (Å²) in [7, 11) is 0. The topological polar surface area (TPSA) is 108 Å². The van der Waals surface area contributed by atoms with Crippen LogP contribution in [0.2, 0.25) is 0 Å². The van der Waals surface area contributed by atoms with E-state index >= 15 is 0 Å². The molecule has 0 bridgehead atoms. The molecule has 0 spiro atoms. The molecule has 120 valence electrons. The second-order valence-corrected chi connectivity index (χ2v) is 5.37. The fourth-order valence-electron chi connectivity index (χ4n) is 2.53. The summed E-state index contributed by atoms with van der Waals surface area (Å²) < 4.78 is 0. The zero-order valence-corrected chi connectivity index (χ0v) is 12.5. The summed E-state index contributed by atoms with van der Waals surface area (Å²) in [4.78, 5) is 33.9. The molecule has 0 radical (unpaired) electrons. The molecule has 1 aliphatic rings. The van der Waals surface area contributed by atoms with E-state index in [2.05, 4.69) is 16.0 Å². The Morgan fingerprint density at radius 3 is 2.52 bits per heavy atom. The molecular formula is C14H25N3O4. The minimum absolute atomic E-state index is 0.00102. The summed E-state index contributed by atoms with van der Waals surface area (Å²) in [6, 6.07) is -0.352. The van der Waals surface area contributed by atoms with Gasteiger partial charge in [0.2, 0.25) is 5.91 Å². The van der Waals surface area contributed by atoms with Crippen molar-refractivity contribution in [2.45, 2.75) is 39.0 Å². The van der Waals surface area contributed by atoms with Gasteiger partial charge in [-0.1, -0.05) is 13.3 Å². The third-order valence-corrected chi connectivity index (χ3v) is 3.71. The molecule has 0 aromatic heterocycles. The van der Waals surface area contributed by atoms with Crippen molar-refractivity contribution in [3.8, 4) is 0 Å². The molecule has 1 rings (SSSR count). The number of urea groups is 1. The maximum Gasteiger partial charge on any atom is 0.314 e. The van der Waals surface area contributed by atoms with E-state index in [0.29, 0.717) is 19.5 Å². The molecule has 0 heterocycles. The lowest BCUT2D eigenvalue weighted by atomic mass is 9.96. The molecule has 1 aliphatic carbocycles. The van der Waals surface area contributed by atoms with Gasteiger partial charge in [-0.2, -0.15) is 0 Å². The first-order valence-corrected chi connectivity index (χ1v) is 7.55. The van der Waals surface area contributed by atoms with Crippen molar-refractivity contribution in [3.63, 3.8) is 0 Å². The molecule has 2 unspecified atom stereocenters. The van der Waals surface area contributed by atoms with Crippen molar-refractivity contribution in [2.24, 2.45) is 11.8 Å². The third-order valence-electron chi connectivity index (χ3n) is 3.71. The Hall–Kier alpha value is -1.79. The number of nitrogens with one attached hydrogen (secondary N) is 3. The summed E-state index contributed by atoms with van der Waals surface area (Å²) in [6.07, 6.45) is 3.53. The van der Waals surface area contributed by atoms with Crippen LogP contribution in [0.15, 0.2) is 0 Å². The van der Waals surface area contributed by atoms with Gasteiger partial charge in [0.1, 0.15) is 0 Å². The molecule has 0 aliphatic heterocycles. The van der Waals surface area contributed by atoms with Crippen LogP contribution in [0.5, 0.6) is 0 Å². The van der Waals surface area contributed by atoms with E-state index in [1.165, 1.54) is 0 Å². The van der Waals surface area contributed by atoms with Crippen LogP contribution in [0.1, 0.15) is 39.0 Å². The molecule has 0 aromatic rings. The standard InChI is InChI=1S/C14H25N3O4/c1-2-7-15-12(18)6-8-16-14(21)17-9-10-4-3-5-11(10)13(19)20/h10-11H,2-9H2,1H3,(H,15,18)(H,19,20)(H2,16,17,21). The fourth-order valence-corrected chi connectivity index (χ4v) is 2.53. The van der Waals surface area contributed by atoms with Crippen molar-refractivity contribution < 1.29 is 19.5 Å². The second kappa shape index (κ2) is 9.20. The Morgan fingerprint density at radius 1 is 1.10 bits per heavy atom. The van der Waals surface area contributed by atoms with Crippen LogP contribution in [0.4, 0.5) is 4.79 Å². The quantitative estimate of drug-likeness (QED) is 0.529. The van der Waals surface area contributed by atoms with Crippen molar-refractivity contribution in [1.29, 1.82) is 0 Å². The van der Waals surface area contributed by atoms with Gasteiger partial charge >= 0.3 is 12.0 Å². The van der Waals surface area contributed by atoms with E-state index < -0.39 is 5.97 Å². The normalized spacial score (nSPS) is 20.8. The zero-order valence-electron chi connectivity index (χ0n) is 12.5. The largest absolute Gasteiger partial charge is 0.481 e.